The van der Waals surface area contributed by atoms with Gasteiger partial charge in [-0.1, -0.05) is 6.92 Å². The summed E-state index contributed by atoms with van der Waals surface area (Å²) in [7, 11) is 0. The number of amides is 1. The standard InChI is InChI=1S/C8H14N2O2/c1-2-7(11)8(12)10-6-3-4-9-5-6/h6,9H,2-5H2,1H3,(H,10,12)/t6-/m0/s1. The Hall–Kier alpha value is -0.900. The third-order valence-electron chi connectivity index (χ3n) is 1.97. The molecule has 4 heteroatoms. The molecule has 1 heterocycles. The van der Waals surface area contributed by atoms with Crippen molar-refractivity contribution in [1.82, 2.24) is 10.6 Å². The van der Waals surface area contributed by atoms with Crippen molar-refractivity contribution in [2.75, 3.05) is 13.1 Å². The molecule has 0 unspecified atom stereocenters. The van der Waals surface area contributed by atoms with E-state index in [4.69, 9.17) is 0 Å². The topological polar surface area (TPSA) is 58.2 Å². The first-order valence-electron chi connectivity index (χ1n) is 4.28. The highest BCUT2D eigenvalue weighted by Gasteiger charge is 2.19. The van der Waals surface area contributed by atoms with Crippen LogP contribution >= 0.6 is 0 Å². The van der Waals surface area contributed by atoms with Crippen molar-refractivity contribution >= 4 is 11.7 Å². The minimum absolute atomic E-state index is 0.146. The van der Waals surface area contributed by atoms with Crippen LogP contribution in [0, 0.1) is 0 Å². The first-order chi connectivity index (χ1) is 5.74. The van der Waals surface area contributed by atoms with Crippen LogP contribution in [-0.4, -0.2) is 30.8 Å². The summed E-state index contributed by atoms with van der Waals surface area (Å²) < 4.78 is 0. The van der Waals surface area contributed by atoms with Gasteiger partial charge in [-0.05, 0) is 13.0 Å². The maximum atomic E-state index is 11.0. The lowest BCUT2D eigenvalue weighted by Crippen LogP contribution is -2.40. The molecule has 0 aliphatic carbocycles. The van der Waals surface area contributed by atoms with Gasteiger partial charge in [0.05, 0.1) is 0 Å². The van der Waals surface area contributed by atoms with Crippen molar-refractivity contribution in [3.05, 3.63) is 0 Å². The van der Waals surface area contributed by atoms with Crippen LogP contribution in [-0.2, 0) is 9.59 Å². The van der Waals surface area contributed by atoms with E-state index in [1.165, 1.54) is 0 Å². The van der Waals surface area contributed by atoms with Crippen molar-refractivity contribution in [3.8, 4) is 0 Å². The van der Waals surface area contributed by atoms with Crippen molar-refractivity contribution in [1.29, 1.82) is 0 Å². The quantitative estimate of drug-likeness (QED) is 0.558. The fourth-order valence-corrected chi connectivity index (χ4v) is 1.20. The van der Waals surface area contributed by atoms with Crippen molar-refractivity contribution < 1.29 is 9.59 Å². The summed E-state index contributed by atoms with van der Waals surface area (Å²) in [6.07, 6.45) is 1.20. The average Bonchev–Trinajstić information content (AvgIpc) is 2.55. The van der Waals surface area contributed by atoms with Crippen LogP contribution in [0.4, 0.5) is 0 Å². The Kier molecular flexibility index (Phi) is 3.22. The molecule has 68 valence electrons. The fraction of sp³-hybridized carbons (Fsp3) is 0.750. The molecule has 1 fully saturated rings. The van der Waals surface area contributed by atoms with Gasteiger partial charge in [0.15, 0.2) is 0 Å². The Balaban J connectivity index is 2.29. The van der Waals surface area contributed by atoms with Crippen molar-refractivity contribution in [2.24, 2.45) is 0 Å². The van der Waals surface area contributed by atoms with Gasteiger partial charge >= 0.3 is 0 Å². The van der Waals surface area contributed by atoms with E-state index in [9.17, 15) is 9.59 Å². The molecule has 0 aromatic carbocycles. The zero-order valence-electron chi connectivity index (χ0n) is 7.22. The van der Waals surface area contributed by atoms with Crippen molar-refractivity contribution in [3.63, 3.8) is 0 Å². The Morgan fingerprint density at radius 1 is 1.58 bits per heavy atom. The first-order valence-corrected chi connectivity index (χ1v) is 4.28. The molecule has 2 N–H and O–H groups in total. The van der Waals surface area contributed by atoms with E-state index in [-0.39, 0.29) is 18.2 Å². The smallest absolute Gasteiger partial charge is 0.287 e. The molecule has 1 amide bonds. The van der Waals surface area contributed by atoms with Crippen LogP contribution in [0.5, 0.6) is 0 Å². The maximum absolute atomic E-state index is 11.0. The fourth-order valence-electron chi connectivity index (χ4n) is 1.20. The van der Waals surface area contributed by atoms with E-state index < -0.39 is 5.91 Å². The molecule has 0 spiro atoms. The summed E-state index contributed by atoms with van der Waals surface area (Å²) in [6.45, 7) is 3.39. The van der Waals surface area contributed by atoms with Gasteiger partial charge in [-0.2, -0.15) is 0 Å². The van der Waals surface area contributed by atoms with E-state index in [1.54, 1.807) is 6.92 Å². The van der Waals surface area contributed by atoms with E-state index in [2.05, 4.69) is 10.6 Å². The molecule has 0 saturated carbocycles. The number of hydrogen-bond donors (Lipinski definition) is 2. The lowest BCUT2D eigenvalue weighted by molar-refractivity contribution is -0.138. The third kappa shape index (κ3) is 2.30. The van der Waals surface area contributed by atoms with Gasteiger partial charge in [0.2, 0.25) is 5.78 Å². The Labute approximate surface area is 71.7 Å². The Bertz CT molecular complexity index is 185. The average molecular weight is 170 g/mol. The summed E-state index contributed by atoms with van der Waals surface area (Å²) in [6, 6.07) is 0.146. The van der Waals surface area contributed by atoms with E-state index in [1.807, 2.05) is 0 Å². The largest absolute Gasteiger partial charge is 0.345 e. The number of nitrogens with one attached hydrogen (secondary N) is 2. The molecule has 1 aliphatic heterocycles. The van der Waals surface area contributed by atoms with Gasteiger partial charge in [0, 0.05) is 19.0 Å². The number of ketones is 1. The number of rotatable bonds is 3. The molecule has 1 atom stereocenters. The molecule has 1 saturated heterocycles. The number of carbonyl (C=O) groups is 2. The summed E-state index contributed by atoms with van der Waals surface area (Å²) >= 11 is 0. The van der Waals surface area contributed by atoms with Gasteiger partial charge in [0.25, 0.3) is 5.91 Å². The van der Waals surface area contributed by atoms with Gasteiger partial charge in [-0.25, -0.2) is 0 Å². The summed E-state index contributed by atoms with van der Waals surface area (Å²) in [4.78, 5) is 21.9. The van der Waals surface area contributed by atoms with Crippen LogP contribution < -0.4 is 10.6 Å². The molecule has 0 aromatic heterocycles. The van der Waals surface area contributed by atoms with Gasteiger partial charge in [-0.3, -0.25) is 9.59 Å². The highest BCUT2D eigenvalue weighted by Crippen LogP contribution is 1.96. The van der Waals surface area contributed by atoms with Crippen LogP contribution in [0.25, 0.3) is 0 Å². The van der Waals surface area contributed by atoms with Gasteiger partial charge < -0.3 is 10.6 Å². The number of Topliss-reactive ketones (excluding diaryl/α,β-unsaturated/α-hetero) is 1. The molecular formula is C8H14N2O2. The predicted octanol–water partition coefficient (Wildman–Crippen LogP) is -0.556. The lowest BCUT2D eigenvalue weighted by Gasteiger charge is -2.09. The third-order valence-corrected chi connectivity index (χ3v) is 1.97. The van der Waals surface area contributed by atoms with Crippen LogP contribution in [0.15, 0.2) is 0 Å². The highest BCUT2D eigenvalue weighted by atomic mass is 16.2. The second-order valence-electron chi connectivity index (χ2n) is 2.94. The van der Waals surface area contributed by atoms with Crippen LogP contribution in [0.1, 0.15) is 19.8 Å². The molecule has 0 radical (unpaired) electrons. The van der Waals surface area contributed by atoms with E-state index in [0.717, 1.165) is 19.5 Å². The highest BCUT2D eigenvalue weighted by molar-refractivity contribution is 6.36. The summed E-state index contributed by atoms with van der Waals surface area (Å²) in [5.41, 5.74) is 0. The second-order valence-corrected chi connectivity index (χ2v) is 2.94. The minimum Gasteiger partial charge on any atom is -0.345 e. The first kappa shape index (κ1) is 9.19. The molecule has 0 aromatic rings. The predicted molar refractivity (Wildman–Crippen MR) is 44.7 cm³/mol. The minimum atomic E-state index is -0.439. The summed E-state index contributed by atoms with van der Waals surface area (Å²) in [5.74, 6) is -0.770. The SMILES string of the molecule is CCC(=O)C(=O)N[C@H]1CCNC1. The molecule has 12 heavy (non-hydrogen) atoms. The molecule has 1 rings (SSSR count). The number of hydrogen-bond acceptors (Lipinski definition) is 3. The van der Waals surface area contributed by atoms with E-state index >= 15 is 0 Å². The second kappa shape index (κ2) is 4.21. The molecule has 1 aliphatic rings. The normalized spacial score (nSPS) is 22.2. The number of carbonyl (C=O) groups excluding carboxylic acids is 2. The van der Waals surface area contributed by atoms with Crippen LogP contribution in [0.2, 0.25) is 0 Å². The summed E-state index contributed by atoms with van der Waals surface area (Å²) in [5, 5.41) is 5.79. The Morgan fingerprint density at radius 3 is 2.83 bits per heavy atom. The van der Waals surface area contributed by atoms with Gasteiger partial charge in [0.1, 0.15) is 0 Å². The van der Waals surface area contributed by atoms with Crippen molar-refractivity contribution in [2.45, 2.75) is 25.8 Å². The Morgan fingerprint density at radius 2 is 2.33 bits per heavy atom. The monoisotopic (exact) mass is 170 g/mol. The molecule has 4 nitrogen and oxygen atoms in total. The molecule has 0 bridgehead atoms. The zero-order chi connectivity index (χ0) is 8.97. The maximum Gasteiger partial charge on any atom is 0.287 e. The van der Waals surface area contributed by atoms with E-state index in [0.29, 0.717) is 0 Å². The van der Waals surface area contributed by atoms with Gasteiger partial charge in [-0.15, -0.1) is 0 Å². The lowest BCUT2D eigenvalue weighted by atomic mass is 10.2. The molecular weight excluding hydrogens is 156 g/mol. The van der Waals surface area contributed by atoms with Crippen LogP contribution in [0.3, 0.4) is 0 Å². The zero-order valence-corrected chi connectivity index (χ0v) is 7.22.